The highest BCUT2D eigenvalue weighted by molar-refractivity contribution is 7.94. The topological polar surface area (TPSA) is 75.6 Å². The first kappa shape index (κ1) is 11.4. The third kappa shape index (κ3) is 3.60. The number of rotatable bonds is 3. The van der Waals surface area contributed by atoms with Crippen molar-refractivity contribution < 1.29 is 18.3 Å². The van der Waals surface area contributed by atoms with Crippen LogP contribution in [0.1, 0.15) is 0 Å². The van der Waals surface area contributed by atoms with Crippen LogP contribution in [0.5, 0.6) is 0 Å². The Labute approximate surface area is 87.7 Å². The fourth-order valence-corrected chi connectivity index (χ4v) is 2.47. The molecule has 0 saturated heterocycles. The van der Waals surface area contributed by atoms with Crippen molar-refractivity contribution >= 4 is 27.2 Å². The van der Waals surface area contributed by atoms with Crippen molar-refractivity contribution in [3.05, 3.63) is 11.5 Å². The highest BCUT2D eigenvalue weighted by atomic mass is 32.2. The standard InChI is InChI=1S/C7H11NO4S2/c9-2-3-12-7(13)8-6-1-4-14(10,11)5-6/h1,4,6,9H,2-3,5H2,(H,8,13). The van der Waals surface area contributed by atoms with Gasteiger partial charge < -0.3 is 15.2 Å². The molecule has 1 aliphatic heterocycles. The van der Waals surface area contributed by atoms with Gasteiger partial charge in [0.15, 0.2) is 9.84 Å². The monoisotopic (exact) mass is 237 g/mol. The number of aliphatic hydroxyl groups excluding tert-OH is 1. The first-order valence-corrected chi connectivity index (χ1v) is 6.11. The maximum absolute atomic E-state index is 11.0. The zero-order valence-corrected chi connectivity index (χ0v) is 8.97. The molecule has 0 aromatic carbocycles. The summed E-state index contributed by atoms with van der Waals surface area (Å²) in [7, 11) is -3.07. The normalized spacial score (nSPS) is 23.4. The van der Waals surface area contributed by atoms with E-state index in [1.54, 1.807) is 0 Å². The fraction of sp³-hybridized carbons (Fsp3) is 0.571. The third-order valence-corrected chi connectivity index (χ3v) is 3.19. The zero-order chi connectivity index (χ0) is 10.6. The molecule has 0 fully saturated rings. The number of aliphatic hydroxyl groups is 1. The van der Waals surface area contributed by atoms with Crippen LogP contribution in [-0.2, 0) is 14.6 Å². The maximum atomic E-state index is 11.0. The van der Waals surface area contributed by atoms with E-state index in [9.17, 15) is 8.42 Å². The average Bonchev–Trinajstić information content (AvgIpc) is 2.42. The van der Waals surface area contributed by atoms with Gasteiger partial charge in [0.2, 0.25) is 0 Å². The summed E-state index contributed by atoms with van der Waals surface area (Å²) in [5.41, 5.74) is 0. The molecule has 1 rings (SSSR count). The lowest BCUT2D eigenvalue weighted by molar-refractivity contribution is 0.191. The lowest BCUT2D eigenvalue weighted by Gasteiger charge is -2.12. The second kappa shape index (κ2) is 4.72. The van der Waals surface area contributed by atoms with Crippen LogP contribution in [0.3, 0.4) is 0 Å². The van der Waals surface area contributed by atoms with Crippen molar-refractivity contribution in [1.82, 2.24) is 5.32 Å². The van der Waals surface area contributed by atoms with Gasteiger partial charge in [0.25, 0.3) is 5.17 Å². The van der Waals surface area contributed by atoms with Crippen molar-refractivity contribution in [3.8, 4) is 0 Å². The van der Waals surface area contributed by atoms with Gasteiger partial charge >= 0.3 is 0 Å². The van der Waals surface area contributed by atoms with E-state index in [1.807, 2.05) is 0 Å². The van der Waals surface area contributed by atoms with Crippen LogP contribution in [0.15, 0.2) is 11.5 Å². The Morgan fingerprint density at radius 2 is 2.43 bits per heavy atom. The molecule has 0 amide bonds. The van der Waals surface area contributed by atoms with Gasteiger partial charge in [-0.1, -0.05) is 0 Å². The number of hydrogen-bond acceptors (Lipinski definition) is 5. The number of hydrogen-bond donors (Lipinski definition) is 2. The van der Waals surface area contributed by atoms with Crippen LogP contribution < -0.4 is 5.32 Å². The van der Waals surface area contributed by atoms with Gasteiger partial charge in [0.1, 0.15) is 6.61 Å². The van der Waals surface area contributed by atoms with Gasteiger partial charge in [0.05, 0.1) is 18.4 Å². The zero-order valence-electron chi connectivity index (χ0n) is 7.34. The van der Waals surface area contributed by atoms with E-state index in [1.165, 1.54) is 6.08 Å². The number of ether oxygens (including phenoxy) is 1. The highest BCUT2D eigenvalue weighted by Crippen LogP contribution is 2.07. The molecule has 0 aromatic heterocycles. The Bertz CT molecular complexity index is 336. The Morgan fingerprint density at radius 3 is 2.93 bits per heavy atom. The molecule has 5 nitrogen and oxygen atoms in total. The number of nitrogens with one attached hydrogen (secondary N) is 1. The SMILES string of the molecule is O=S1(=O)C=CC(NC(=S)OCCO)C1. The minimum absolute atomic E-state index is 0.00434. The summed E-state index contributed by atoms with van der Waals surface area (Å²) in [6.45, 7) is -0.0182. The molecule has 2 N–H and O–H groups in total. The Hall–Kier alpha value is -0.660. The first-order valence-electron chi connectivity index (χ1n) is 3.98. The van der Waals surface area contributed by atoms with E-state index in [-0.39, 0.29) is 30.2 Å². The molecule has 14 heavy (non-hydrogen) atoms. The predicted molar refractivity (Wildman–Crippen MR) is 55.5 cm³/mol. The molecule has 1 aliphatic rings. The summed E-state index contributed by atoms with van der Waals surface area (Å²) >= 11 is 4.76. The summed E-state index contributed by atoms with van der Waals surface area (Å²) in [6.07, 6.45) is 1.52. The summed E-state index contributed by atoms with van der Waals surface area (Å²) < 4.78 is 26.8. The van der Waals surface area contributed by atoms with Gasteiger partial charge in [-0.3, -0.25) is 0 Å². The fourth-order valence-electron chi connectivity index (χ4n) is 0.997. The molecule has 0 bridgehead atoms. The lowest BCUT2D eigenvalue weighted by atomic mass is 10.3. The van der Waals surface area contributed by atoms with E-state index in [2.05, 4.69) is 5.32 Å². The minimum Gasteiger partial charge on any atom is -0.469 e. The highest BCUT2D eigenvalue weighted by Gasteiger charge is 2.22. The van der Waals surface area contributed by atoms with Crippen LogP contribution in [-0.4, -0.2) is 43.7 Å². The van der Waals surface area contributed by atoms with Gasteiger partial charge in [0, 0.05) is 5.41 Å². The van der Waals surface area contributed by atoms with Gasteiger partial charge in [-0.05, 0) is 18.3 Å². The smallest absolute Gasteiger partial charge is 0.257 e. The maximum Gasteiger partial charge on any atom is 0.257 e. The van der Waals surface area contributed by atoms with Crippen LogP contribution in [0, 0.1) is 0 Å². The predicted octanol–water partition coefficient (Wildman–Crippen LogP) is -0.819. The van der Waals surface area contributed by atoms with E-state index in [0.29, 0.717) is 0 Å². The summed E-state index contributed by atoms with van der Waals surface area (Å²) in [5.74, 6) is -0.00434. The number of sulfone groups is 1. The molecular weight excluding hydrogens is 226 g/mol. The Kier molecular flexibility index (Phi) is 3.85. The molecule has 1 heterocycles. The largest absolute Gasteiger partial charge is 0.469 e. The summed E-state index contributed by atoms with van der Waals surface area (Å²) in [5, 5.41) is 12.4. The van der Waals surface area contributed by atoms with Crippen molar-refractivity contribution in [2.45, 2.75) is 6.04 Å². The Morgan fingerprint density at radius 1 is 1.71 bits per heavy atom. The minimum atomic E-state index is -3.07. The van der Waals surface area contributed by atoms with Crippen molar-refractivity contribution in [3.63, 3.8) is 0 Å². The molecule has 0 spiro atoms. The van der Waals surface area contributed by atoms with Crippen molar-refractivity contribution in [2.75, 3.05) is 19.0 Å². The molecule has 7 heteroatoms. The van der Waals surface area contributed by atoms with Crippen LogP contribution in [0.4, 0.5) is 0 Å². The molecule has 0 saturated carbocycles. The third-order valence-electron chi connectivity index (χ3n) is 1.56. The van der Waals surface area contributed by atoms with Crippen LogP contribution >= 0.6 is 12.2 Å². The average molecular weight is 237 g/mol. The molecule has 0 aliphatic carbocycles. The van der Waals surface area contributed by atoms with Gasteiger partial charge in [-0.15, -0.1) is 0 Å². The van der Waals surface area contributed by atoms with Gasteiger partial charge in [-0.25, -0.2) is 8.42 Å². The molecule has 80 valence electrons. The van der Waals surface area contributed by atoms with E-state index < -0.39 is 9.84 Å². The molecule has 0 aromatic rings. The summed E-state index contributed by atoms with van der Waals surface area (Å²) in [6, 6.07) is -0.328. The second-order valence-corrected chi connectivity index (χ2v) is 5.07. The molecule has 1 unspecified atom stereocenters. The van der Waals surface area contributed by atoms with Crippen molar-refractivity contribution in [1.29, 1.82) is 0 Å². The first-order chi connectivity index (χ1) is 6.53. The Balaban J connectivity index is 2.34. The van der Waals surface area contributed by atoms with Crippen LogP contribution in [0.25, 0.3) is 0 Å². The quantitative estimate of drug-likeness (QED) is 0.625. The molecule has 1 atom stereocenters. The van der Waals surface area contributed by atoms with Gasteiger partial charge in [-0.2, -0.15) is 0 Å². The van der Waals surface area contributed by atoms with E-state index in [4.69, 9.17) is 22.1 Å². The van der Waals surface area contributed by atoms with Crippen molar-refractivity contribution in [2.24, 2.45) is 0 Å². The van der Waals surface area contributed by atoms with E-state index >= 15 is 0 Å². The molecule has 0 radical (unpaired) electrons. The number of thiocarbonyl (C=S) groups is 1. The van der Waals surface area contributed by atoms with Crippen LogP contribution in [0.2, 0.25) is 0 Å². The molecular formula is C7H11NO4S2. The lowest BCUT2D eigenvalue weighted by Crippen LogP contribution is -2.36. The second-order valence-electron chi connectivity index (χ2n) is 2.77. The van der Waals surface area contributed by atoms with E-state index in [0.717, 1.165) is 5.41 Å². The summed E-state index contributed by atoms with van der Waals surface area (Å²) in [4.78, 5) is 0.